The zero-order valence-corrected chi connectivity index (χ0v) is 30.0. The molecule has 3 aliphatic rings. The van der Waals surface area contributed by atoms with Crippen molar-refractivity contribution in [1.29, 1.82) is 0 Å². The van der Waals surface area contributed by atoms with Crippen molar-refractivity contribution in [3.05, 3.63) is 81.9 Å². The van der Waals surface area contributed by atoms with Crippen LogP contribution in [-0.4, -0.2) is 73.3 Å². The third-order valence-electron chi connectivity index (χ3n) is 11.2. The number of halogens is 4. The van der Waals surface area contributed by atoms with Crippen molar-refractivity contribution in [2.45, 2.75) is 62.7 Å². The van der Waals surface area contributed by atoms with Crippen LogP contribution in [0.25, 0.3) is 21.9 Å². The molecule has 0 radical (unpaired) electrons. The van der Waals surface area contributed by atoms with Crippen molar-refractivity contribution in [3.8, 4) is 5.75 Å². The Balaban J connectivity index is 0.899. The van der Waals surface area contributed by atoms with Gasteiger partial charge in [-0.1, -0.05) is 6.07 Å². The lowest BCUT2D eigenvalue weighted by Crippen LogP contribution is -2.44. The molecule has 1 unspecified atom stereocenters. The summed E-state index contributed by atoms with van der Waals surface area (Å²) in [5.74, 6) is -1.46. The second-order valence-electron chi connectivity index (χ2n) is 14.7. The number of fused-ring (bicyclic) bond motifs is 2. The summed E-state index contributed by atoms with van der Waals surface area (Å²) in [6.45, 7) is 2.41. The maximum atomic E-state index is 15.6. The molecule has 55 heavy (non-hydrogen) atoms. The number of ether oxygens (including phenoxy) is 1. The number of methoxy groups -OCH3 is 1. The monoisotopic (exact) mass is 762 g/mol. The van der Waals surface area contributed by atoms with Crippen LogP contribution in [0.3, 0.4) is 0 Å². The molecule has 1 atom stereocenters. The first-order chi connectivity index (χ1) is 26.3. The molecule has 288 valence electrons. The molecule has 1 saturated carbocycles. The van der Waals surface area contributed by atoms with Gasteiger partial charge in [0.2, 0.25) is 11.8 Å². The number of carbonyl (C=O) groups is 3. The van der Waals surface area contributed by atoms with Gasteiger partial charge in [-0.15, -0.1) is 0 Å². The second-order valence-corrected chi connectivity index (χ2v) is 14.7. The Bertz CT molecular complexity index is 2410. The van der Waals surface area contributed by atoms with Gasteiger partial charge in [-0.3, -0.25) is 33.5 Å². The quantitative estimate of drug-likeness (QED) is 0.160. The standard InChI is InChI=1S/C38H38F4N8O5/c1-47-34-28(50(37(47)54)29-8-9-32(51)45-36(29)53)7-6-24(39)33(34)21-10-12-48(13-11-21)18-20-14-23(15-20)49-19-22-16-27(30(55-2)17-26(22)46-49)44-35(52)25-4-3-5-31(43-25)38(40,41)42/h3-7,16-17,19-21,23,29H,8-15,18H2,1-2H3,(H,44,52)(H,45,51,53). The number of imide groups is 1. The van der Waals surface area contributed by atoms with Crippen molar-refractivity contribution in [2.24, 2.45) is 13.0 Å². The van der Waals surface area contributed by atoms with Crippen LogP contribution in [0.4, 0.5) is 23.2 Å². The number of rotatable bonds is 8. The summed E-state index contributed by atoms with van der Waals surface area (Å²) < 4.78 is 65.2. The van der Waals surface area contributed by atoms with Crippen molar-refractivity contribution >= 4 is 45.3 Å². The number of amides is 3. The van der Waals surface area contributed by atoms with Gasteiger partial charge in [0.05, 0.1) is 35.4 Å². The van der Waals surface area contributed by atoms with Crippen LogP contribution in [0.1, 0.15) is 78.3 Å². The molecule has 0 bridgehead atoms. The summed E-state index contributed by atoms with van der Waals surface area (Å²) >= 11 is 0. The number of aromatic nitrogens is 5. The Kier molecular flexibility index (Phi) is 9.22. The number of likely N-dealkylation sites (tertiary alicyclic amines) is 1. The van der Waals surface area contributed by atoms with Crippen LogP contribution in [0.15, 0.2) is 53.5 Å². The normalized spacial score (nSPS) is 21.2. The van der Waals surface area contributed by atoms with Crippen LogP contribution in [0.2, 0.25) is 0 Å². The molecular formula is C38H38F4N8O5. The number of pyridine rings is 1. The lowest BCUT2D eigenvalue weighted by Gasteiger charge is -2.41. The van der Waals surface area contributed by atoms with Gasteiger partial charge in [-0.05, 0) is 87.4 Å². The van der Waals surface area contributed by atoms with E-state index in [9.17, 15) is 32.3 Å². The summed E-state index contributed by atoms with van der Waals surface area (Å²) in [7, 11) is 3.02. The molecule has 3 aromatic heterocycles. The average Bonchev–Trinajstić information content (AvgIpc) is 3.66. The summed E-state index contributed by atoms with van der Waals surface area (Å²) in [6, 6.07) is 8.71. The van der Waals surface area contributed by atoms with E-state index in [0.717, 1.165) is 50.0 Å². The minimum atomic E-state index is -4.68. The van der Waals surface area contributed by atoms with Crippen molar-refractivity contribution in [1.82, 2.24) is 34.1 Å². The van der Waals surface area contributed by atoms with Gasteiger partial charge in [0.15, 0.2) is 0 Å². The molecule has 0 spiro atoms. The van der Waals surface area contributed by atoms with E-state index in [-0.39, 0.29) is 47.9 Å². The molecule has 3 fully saturated rings. The maximum Gasteiger partial charge on any atom is 0.433 e. The summed E-state index contributed by atoms with van der Waals surface area (Å²) in [5, 5.41) is 10.4. The molecule has 17 heteroatoms. The number of nitrogens with zero attached hydrogens (tertiary/aromatic N) is 6. The smallest absolute Gasteiger partial charge is 0.433 e. The highest BCUT2D eigenvalue weighted by Gasteiger charge is 2.37. The number of piperidine rings is 2. The third kappa shape index (κ3) is 6.74. The van der Waals surface area contributed by atoms with Crippen LogP contribution >= 0.6 is 0 Å². The van der Waals surface area contributed by atoms with Gasteiger partial charge in [0, 0.05) is 43.2 Å². The van der Waals surface area contributed by atoms with Gasteiger partial charge >= 0.3 is 11.9 Å². The van der Waals surface area contributed by atoms with E-state index in [0.29, 0.717) is 46.6 Å². The van der Waals surface area contributed by atoms with Gasteiger partial charge in [0.25, 0.3) is 5.91 Å². The van der Waals surface area contributed by atoms with E-state index in [1.54, 1.807) is 25.2 Å². The fraction of sp³-hybridized carbons (Fsp3) is 0.421. The van der Waals surface area contributed by atoms with E-state index in [2.05, 4.69) is 20.5 Å². The number of benzene rings is 2. The highest BCUT2D eigenvalue weighted by Crippen LogP contribution is 2.41. The number of anilines is 1. The molecule has 1 aliphatic carbocycles. The Morgan fingerprint density at radius 2 is 1.82 bits per heavy atom. The molecule has 5 aromatic rings. The highest BCUT2D eigenvalue weighted by atomic mass is 19.4. The molecular weight excluding hydrogens is 724 g/mol. The maximum absolute atomic E-state index is 15.6. The number of nitrogens with one attached hydrogen (secondary N) is 2. The number of imidazole rings is 1. The number of alkyl halides is 3. The van der Waals surface area contributed by atoms with Gasteiger partial charge in [-0.2, -0.15) is 18.3 Å². The Hall–Kier alpha value is -5.58. The molecule has 2 aliphatic heterocycles. The minimum Gasteiger partial charge on any atom is -0.494 e. The predicted octanol–water partition coefficient (Wildman–Crippen LogP) is 5.31. The van der Waals surface area contributed by atoms with Crippen LogP contribution in [0, 0.1) is 11.7 Å². The summed E-state index contributed by atoms with van der Waals surface area (Å²) in [4.78, 5) is 56.5. The second kappa shape index (κ2) is 13.9. The first kappa shape index (κ1) is 36.4. The zero-order valence-electron chi connectivity index (χ0n) is 30.0. The molecule has 5 heterocycles. The number of carbonyl (C=O) groups excluding carboxylic acids is 3. The van der Waals surface area contributed by atoms with Crippen molar-refractivity contribution in [3.63, 3.8) is 0 Å². The number of hydrogen-bond donors (Lipinski definition) is 2. The fourth-order valence-electron chi connectivity index (χ4n) is 8.36. The van der Waals surface area contributed by atoms with Crippen molar-refractivity contribution < 1.29 is 36.7 Å². The summed E-state index contributed by atoms with van der Waals surface area (Å²) in [6.07, 6.45) is 0.748. The van der Waals surface area contributed by atoms with E-state index < -0.39 is 35.4 Å². The van der Waals surface area contributed by atoms with Crippen LogP contribution in [-0.2, 0) is 22.8 Å². The molecule has 3 amide bonds. The first-order valence-electron chi connectivity index (χ1n) is 18.2. The average molecular weight is 763 g/mol. The highest BCUT2D eigenvalue weighted by molar-refractivity contribution is 6.05. The van der Waals surface area contributed by atoms with Gasteiger partial charge in [0.1, 0.15) is 29.0 Å². The molecule has 8 rings (SSSR count). The van der Waals surface area contributed by atoms with Crippen LogP contribution in [0.5, 0.6) is 5.75 Å². The zero-order chi connectivity index (χ0) is 38.8. The fourth-order valence-corrected chi connectivity index (χ4v) is 8.36. The lowest BCUT2D eigenvalue weighted by atomic mass is 9.79. The third-order valence-corrected chi connectivity index (χ3v) is 11.2. The van der Waals surface area contributed by atoms with E-state index in [1.807, 2.05) is 10.9 Å². The van der Waals surface area contributed by atoms with E-state index in [4.69, 9.17) is 9.84 Å². The largest absolute Gasteiger partial charge is 0.494 e. The topological polar surface area (TPSA) is 145 Å². The van der Waals surface area contributed by atoms with Gasteiger partial charge < -0.3 is 15.0 Å². The van der Waals surface area contributed by atoms with E-state index >= 15 is 4.39 Å². The van der Waals surface area contributed by atoms with Crippen LogP contribution < -0.4 is 21.1 Å². The molecule has 2 saturated heterocycles. The Morgan fingerprint density at radius 1 is 1.05 bits per heavy atom. The minimum absolute atomic E-state index is 0.109. The van der Waals surface area contributed by atoms with Crippen molar-refractivity contribution in [2.75, 3.05) is 32.1 Å². The Labute approximate surface area is 311 Å². The SMILES string of the molecule is COc1cc2nn(C3CC(CN4CCC(c5c(F)ccc6c5n(C)c(=O)n6C5CCC(=O)NC5=O)CC4)C3)cc2cc1NC(=O)c1cccc(C(F)(F)F)n1. The lowest BCUT2D eigenvalue weighted by molar-refractivity contribution is -0.141. The van der Waals surface area contributed by atoms with E-state index in [1.165, 1.54) is 28.4 Å². The predicted molar refractivity (Wildman–Crippen MR) is 192 cm³/mol. The molecule has 2 N–H and O–H groups in total. The number of aryl methyl sites for hydroxylation is 1. The molecule has 13 nitrogen and oxygen atoms in total. The first-order valence-corrected chi connectivity index (χ1v) is 18.2. The number of hydrogen-bond acceptors (Lipinski definition) is 8. The Morgan fingerprint density at radius 3 is 2.53 bits per heavy atom. The summed E-state index contributed by atoms with van der Waals surface area (Å²) in [5.41, 5.74) is 0.423. The van der Waals surface area contributed by atoms with Gasteiger partial charge in [-0.25, -0.2) is 14.2 Å². The molecule has 2 aromatic carbocycles.